The lowest BCUT2D eigenvalue weighted by Crippen LogP contribution is -2.69. The summed E-state index contributed by atoms with van der Waals surface area (Å²) in [6.07, 6.45) is 0. The van der Waals surface area contributed by atoms with Crippen LogP contribution in [0.2, 0.25) is 0 Å². The molecule has 0 unspecified atom stereocenters. The lowest BCUT2D eigenvalue weighted by Gasteiger charge is -2.40. The van der Waals surface area contributed by atoms with Gasteiger partial charge in [-0.3, -0.25) is 23.9 Å². The Morgan fingerprint density at radius 3 is 0.952 bits per heavy atom. The topological polar surface area (TPSA) is 126 Å². The van der Waals surface area contributed by atoms with Gasteiger partial charge >= 0.3 is 0 Å². The summed E-state index contributed by atoms with van der Waals surface area (Å²) in [6.45, 7) is 7.68. The lowest BCUT2D eigenvalue weighted by molar-refractivity contribution is -0.202. The van der Waals surface area contributed by atoms with Gasteiger partial charge in [-0.2, -0.15) is 0 Å². The van der Waals surface area contributed by atoms with Crippen molar-refractivity contribution in [3.05, 3.63) is 0 Å². The van der Waals surface area contributed by atoms with E-state index < -0.39 is 35.3 Å². The first-order valence-corrected chi connectivity index (χ1v) is 6.22. The SMILES string of the molecule is CC(=O)NC(C)(NC(C)=O)OC(C)(NC(C)=O)NC(C)=O. The molecule has 0 rings (SSSR count). The molecule has 0 aliphatic heterocycles. The fraction of sp³-hybridized carbons (Fsp3) is 0.667. The van der Waals surface area contributed by atoms with Crippen molar-refractivity contribution < 1.29 is 23.9 Å². The Hall–Kier alpha value is -2.16. The first kappa shape index (κ1) is 18.8. The van der Waals surface area contributed by atoms with Crippen LogP contribution in [0.15, 0.2) is 0 Å². The summed E-state index contributed by atoms with van der Waals surface area (Å²) < 4.78 is 5.54. The second kappa shape index (κ2) is 7.02. The summed E-state index contributed by atoms with van der Waals surface area (Å²) in [4.78, 5) is 45.0. The number of carbonyl (C=O) groups is 4. The predicted molar refractivity (Wildman–Crippen MR) is 73.2 cm³/mol. The zero-order chi connectivity index (χ0) is 16.8. The Kier molecular flexibility index (Phi) is 6.30. The van der Waals surface area contributed by atoms with Crippen LogP contribution < -0.4 is 21.3 Å². The molecule has 0 aromatic carbocycles. The van der Waals surface area contributed by atoms with Gasteiger partial charge < -0.3 is 21.3 Å². The van der Waals surface area contributed by atoms with Crippen LogP contribution >= 0.6 is 0 Å². The molecule has 0 heterocycles. The molecule has 0 saturated carbocycles. The van der Waals surface area contributed by atoms with Gasteiger partial charge in [0.15, 0.2) is 0 Å². The van der Waals surface area contributed by atoms with Gasteiger partial charge in [-0.1, -0.05) is 0 Å². The van der Waals surface area contributed by atoms with Gasteiger partial charge in [0.05, 0.1) is 0 Å². The standard InChI is InChI=1S/C12H22N4O5/c1-7(17)13-11(5,14-8(2)18)21-12(6,15-9(3)19)16-10(4)20/h1-6H3,(H,13,17)(H,14,18)(H,15,19)(H,16,20). The molecule has 0 saturated heterocycles. The number of hydrogen-bond donors (Lipinski definition) is 4. The van der Waals surface area contributed by atoms with Crippen molar-refractivity contribution >= 4 is 23.6 Å². The van der Waals surface area contributed by atoms with Crippen molar-refractivity contribution in [3.63, 3.8) is 0 Å². The molecular weight excluding hydrogens is 280 g/mol. The number of carbonyl (C=O) groups excluding carboxylic acids is 4. The second-order valence-corrected chi connectivity index (χ2v) is 4.89. The highest BCUT2D eigenvalue weighted by Gasteiger charge is 2.38. The van der Waals surface area contributed by atoms with Crippen molar-refractivity contribution in [3.8, 4) is 0 Å². The van der Waals surface area contributed by atoms with Gasteiger partial charge in [-0.15, -0.1) is 0 Å². The summed E-state index contributed by atoms with van der Waals surface area (Å²) in [5.74, 6) is -5.15. The summed E-state index contributed by atoms with van der Waals surface area (Å²) >= 11 is 0. The van der Waals surface area contributed by atoms with E-state index in [0.29, 0.717) is 0 Å². The maximum absolute atomic E-state index is 11.3. The number of amides is 4. The molecule has 21 heavy (non-hydrogen) atoms. The maximum atomic E-state index is 11.3. The lowest BCUT2D eigenvalue weighted by atomic mass is 10.3. The molecule has 0 aromatic heterocycles. The molecule has 0 aliphatic carbocycles. The van der Waals surface area contributed by atoms with E-state index in [1.165, 1.54) is 41.5 Å². The highest BCUT2D eigenvalue weighted by molar-refractivity contribution is 5.78. The van der Waals surface area contributed by atoms with Gasteiger partial charge in [0.1, 0.15) is 0 Å². The van der Waals surface area contributed by atoms with Gasteiger partial charge in [0, 0.05) is 41.5 Å². The van der Waals surface area contributed by atoms with Crippen molar-refractivity contribution in [1.29, 1.82) is 0 Å². The normalized spacial score (nSPS) is 11.3. The summed E-state index contributed by atoms with van der Waals surface area (Å²) in [5.41, 5.74) is 0. The van der Waals surface area contributed by atoms with Gasteiger partial charge in [0.25, 0.3) is 0 Å². The molecule has 120 valence electrons. The molecule has 0 fully saturated rings. The number of ether oxygens (including phenoxy) is 1. The van der Waals surface area contributed by atoms with Crippen molar-refractivity contribution in [2.75, 3.05) is 0 Å². The molecule has 0 bridgehead atoms. The van der Waals surface area contributed by atoms with E-state index in [-0.39, 0.29) is 0 Å². The largest absolute Gasteiger partial charge is 0.311 e. The molecule has 0 atom stereocenters. The van der Waals surface area contributed by atoms with Crippen LogP contribution in [-0.2, 0) is 23.9 Å². The third kappa shape index (κ3) is 7.88. The van der Waals surface area contributed by atoms with Crippen molar-refractivity contribution in [1.82, 2.24) is 21.3 Å². The molecular formula is C12H22N4O5. The Morgan fingerprint density at radius 2 is 0.810 bits per heavy atom. The molecule has 0 spiro atoms. The van der Waals surface area contributed by atoms with Crippen LogP contribution in [0.3, 0.4) is 0 Å². The minimum absolute atomic E-state index is 0.473. The highest BCUT2D eigenvalue weighted by Crippen LogP contribution is 2.13. The van der Waals surface area contributed by atoms with Crippen LogP contribution in [0.4, 0.5) is 0 Å². The fourth-order valence-corrected chi connectivity index (χ4v) is 1.92. The van der Waals surface area contributed by atoms with E-state index in [4.69, 9.17) is 4.74 Å². The molecule has 9 heteroatoms. The third-order valence-corrected chi connectivity index (χ3v) is 2.07. The molecule has 0 aromatic rings. The van der Waals surface area contributed by atoms with Crippen LogP contribution in [0, 0.1) is 0 Å². The van der Waals surface area contributed by atoms with Crippen LogP contribution in [0.1, 0.15) is 41.5 Å². The molecule has 0 aliphatic rings. The van der Waals surface area contributed by atoms with E-state index in [9.17, 15) is 19.2 Å². The zero-order valence-corrected chi connectivity index (χ0v) is 13.0. The minimum Gasteiger partial charge on any atom is -0.311 e. The number of nitrogens with one attached hydrogen (secondary N) is 4. The van der Waals surface area contributed by atoms with E-state index in [0.717, 1.165) is 0 Å². The third-order valence-electron chi connectivity index (χ3n) is 2.07. The molecule has 4 amide bonds. The zero-order valence-electron chi connectivity index (χ0n) is 13.0. The Labute approximate surface area is 123 Å². The van der Waals surface area contributed by atoms with E-state index in [1.807, 2.05) is 0 Å². The first-order chi connectivity index (χ1) is 9.37. The van der Waals surface area contributed by atoms with Gasteiger partial charge in [-0.25, -0.2) is 0 Å². The second-order valence-electron chi connectivity index (χ2n) is 4.89. The van der Waals surface area contributed by atoms with E-state index in [1.54, 1.807) is 0 Å². The van der Waals surface area contributed by atoms with Crippen LogP contribution in [-0.4, -0.2) is 35.3 Å². The van der Waals surface area contributed by atoms with Gasteiger partial charge in [0.2, 0.25) is 35.3 Å². The van der Waals surface area contributed by atoms with Crippen LogP contribution in [0.25, 0.3) is 0 Å². The summed E-state index contributed by atoms with van der Waals surface area (Å²) in [7, 11) is 0. The Balaban J connectivity index is 5.36. The molecule has 9 nitrogen and oxygen atoms in total. The monoisotopic (exact) mass is 302 g/mol. The average molecular weight is 302 g/mol. The van der Waals surface area contributed by atoms with Crippen molar-refractivity contribution in [2.45, 2.75) is 53.2 Å². The minimum atomic E-state index is -1.63. The quantitative estimate of drug-likeness (QED) is 0.463. The smallest absolute Gasteiger partial charge is 0.221 e. The van der Waals surface area contributed by atoms with E-state index >= 15 is 0 Å². The number of hydrogen-bond acceptors (Lipinski definition) is 5. The maximum Gasteiger partial charge on any atom is 0.221 e. The Morgan fingerprint density at radius 1 is 0.619 bits per heavy atom. The van der Waals surface area contributed by atoms with Crippen molar-refractivity contribution in [2.24, 2.45) is 0 Å². The highest BCUT2D eigenvalue weighted by atomic mass is 16.6. The van der Waals surface area contributed by atoms with E-state index in [2.05, 4.69) is 21.3 Å². The van der Waals surface area contributed by atoms with Crippen LogP contribution in [0.5, 0.6) is 0 Å². The Bertz CT molecular complexity index is 377. The first-order valence-electron chi connectivity index (χ1n) is 6.22. The summed E-state index contributed by atoms with van der Waals surface area (Å²) in [5, 5.41) is 9.58. The number of rotatable bonds is 6. The van der Waals surface area contributed by atoms with Gasteiger partial charge in [-0.05, 0) is 0 Å². The summed E-state index contributed by atoms with van der Waals surface area (Å²) in [6, 6.07) is 0. The fourth-order valence-electron chi connectivity index (χ4n) is 1.92. The average Bonchev–Trinajstić information content (AvgIpc) is 2.07. The molecule has 0 radical (unpaired) electrons. The predicted octanol–water partition coefficient (Wildman–Crippen LogP) is -1.11. The molecule has 4 N–H and O–H groups in total.